The molecule has 2 heterocycles. The van der Waals surface area contributed by atoms with Gasteiger partial charge in [0.15, 0.2) is 0 Å². The molecule has 156 valence electrons. The van der Waals surface area contributed by atoms with Crippen molar-refractivity contribution in [2.45, 2.75) is 18.8 Å². The average molecular weight is 415 g/mol. The SMILES string of the molecule is Cn1cc2c(cc1=O)CC(Nc1ccc(C(F)(F)F)cc1F)N(OCCO)C2=O. The molecule has 1 amide bonds. The Morgan fingerprint density at radius 1 is 1.28 bits per heavy atom. The molecule has 1 unspecified atom stereocenters. The minimum absolute atomic E-state index is 0.0308. The zero-order chi connectivity index (χ0) is 21.3. The van der Waals surface area contributed by atoms with Crippen molar-refractivity contribution in [1.29, 1.82) is 0 Å². The van der Waals surface area contributed by atoms with Crippen LogP contribution in [-0.2, 0) is 24.5 Å². The number of fused-ring (bicyclic) bond motifs is 1. The van der Waals surface area contributed by atoms with Gasteiger partial charge < -0.3 is 15.0 Å². The highest BCUT2D eigenvalue weighted by atomic mass is 19.4. The lowest BCUT2D eigenvalue weighted by Gasteiger charge is -2.36. The Balaban J connectivity index is 1.94. The molecule has 2 aromatic rings. The molecule has 3 rings (SSSR count). The number of rotatable bonds is 5. The molecule has 0 spiro atoms. The van der Waals surface area contributed by atoms with Gasteiger partial charge >= 0.3 is 6.18 Å². The van der Waals surface area contributed by atoms with Crippen molar-refractivity contribution in [3.8, 4) is 0 Å². The van der Waals surface area contributed by atoms with E-state index < -0.39 is 36.2 Å². The van der Waals surface area contributed by atoms with E-state index in [1.807, 2.05) is 0 Å². The quantitative estimate of drug-likeness (QED) is 0.729. The Bertz CT molecular complexity index is 990. The first-order valence-electron chi connectivity index (χ1n) is 8.52. The van der Waals surface area contributed by atoms with Crippen molar-refractivity contribution >= 4 is 11.6 Å². The van der Waals surface area contributed by atoms with Crippen LogP contribution in [0, 0.1) is 5.82 Å². The van der Waals surface area contributed by atoms with Crippen LogP contribution >= 0.6 is 0 Å². The zero-order valence-corrected chi connectivity index (χ0v) is 15.2. The van der Waals surface area contributed by atoms with Crippen LogP contribution in [0.25, 0.3) is 0 Å². The molecular formula is C18H17F4N3O4. The van der Waals surface area contributed by atoms with Crippen LogP contribution in [0.1, 0.15) is 21.5 Å². The van der Waals surface area contributed by atoms with Gasteiger partial charge in [-0.1, -0.05) is 0 Å². The molecule has 0 saturated carbocycles. The van der Waals surface area contributed by atoms with E-state index in [0.29, 0.717) is 17.7 Å². The van der Waals surface area contributed by atoms with E-state index >= 15 is 0 Å². The number of aliphatic hydroxyl groups excluding tert-OH is 1. The Morgan fingerprint density at radius 2 is 2.00 bits per heavy atom. The molecule has 7 nitrogen and oxygen atoms in total. The van der Waals surface area contributed by atoms with E-state index in [1.54, 1.807) is 0 Å². The number of aromatic nitrogens is 1. The number of amides is 1. The van der Waals surface area contributed by atoms with E-state index in [0.717, 1.165) is 11.1 Å². The fourth-order valence-corrected chi connectivity index (χ4v) is 2.97. The van der Waals surface area contributed by atoms with Crippen molar-refractivity contribution in [2.75, 3.05) is 18.5 Å². The molecule has 29 heavy (non-hydrogen) atoms. The molecular weight excluding hydrogens is 398 g/mol. The fourth-order valence-electron chi connectivity index (χ4n) is 2.97. The number of hydroxylamine groups is 2. The van der Waals surface area contributed by atoms with Crippen molar-refractivity contribution in [3.63, 3.8) is 0 Å². The normalized spacial score (nSPS) is 16.7. The van der Waals surface area contributed by atoms with Crippen molar-refractivity contribution in [1.82, 2.24) is 9.63 Å². The summed E-state index contributed by atoms with van der Waals surface area (Å²) < 4.78 is 53.6. The van der Waals surface area contributed by atoms with E-state index in [-0.39, 0.29) is 29.8 Å². The predicted octanol–water partition coefficient (Wildman–Crippen LogP) is 1.90. The van der Waals surface area contributed by atoms with Gasteiger partial charge in [-0.2, -0.15) is 18.2 Å². The molecule has 1 atom stereocenters. The van der Waals surface area contributed by atoms with Crippen LogP contribution in [-0.4, -0.2) is 40.0 Å². The Morgan fingerprint density at radius 3 is 2.62 bits per heavy atom. The molecule has 0 saturated heterocycles. The average Bonchev–Trinajstić information content (AvgIpc) is 2.64. The lowest BCUT2D eigenvalue weighted by atomic mass is 10.00. The van der Waals surface area contributed by atoms with Gasteiger partial charge in [0, 0.05) is 25.7 Å². The summed E-state index contributed by atoms with van der Waals surface area (Å²) in [6, 6.07) is 3.22. The largest absolute Gasteiger partial charge is 0.416 e. The van der Waals surface area contributed by atoms with Crippen LogP contribution in [0.2, 0.25) is 0 Å². The molecule has 1 aromatic carbocycles. The Hall–Kier alpha value is -2.92. The minimum atomic E-state index is -4.70. The van der Waals surface area contributed by atoms with Gasteiger partial charge in [-0.25, -0.2) is 4.39 Å². The highest BCUT2D eigenvalue weighted by Gasteiger charge is 2.35. The van der Waals surface area contributed by atoms with Gasteiger partial charge in [0.2, 0.25) is 0 Å². The first kappa shape index (κ1) is 20.8. The number of benzene rings is 1. The van der Waals surface area contributed by atoms with Crippen LogP contribution in [0.4, 0.5) is 23.2 Å². The number of carbonyl (C=O) groups is 1. The molecule has 1 aliphatic heterocycles. The van der Waals surface area contributed by atoms with Gasteiger partial charge in [0.25, 0.3) is 11.5 Å². The third kappa shape index (κ3) is 4.25. The molecule has 1 aliphatic rings. The smallest absolute Gasteiger partial charge is 0.394 e. The number of anilines is 1. The third-order valence-electron chi connectivity index (χ3n) is 4.38. The van der Waals surface area contributed by atoms with Gasteiger partial charge in [-0.3, -0.25) is 14.4 Å². The predicted molar refractivity (Wildman–Crippen MR) is 93.4 cm³/mol. The number of halogens is 4. The first-order chi connectivity index (χ1) is 13.6. The molecule has 0 aliphatic carbocycles. The van der Waals surface area contributed by atoms with Crippen molar-refractivity contribution in [3.05, 3.63) is 63.3 Å². The highest BCUT2D eigenvalue weighted by Crippen LogP contribution is 2.32. The number of aryl methyl sites for hydroxylation is 1. The number of hydrogen-bond donors (Lipinski definition) is 2. The molecule has 11 heteroatoms. The Kier molecular flexibility index (Phi) is 5.62. The molecule has 0 bridgehead atoms. The number of nitrogens with zero attached hydrogens (tertiary/aromatic N) is 2. The summed E-state index contributed by atoms with van der Waals surface area (Å²) in [7, 11) is 1.47. The minimum Gasteiger partial charge on any atom is -0.394 e. The summed E-state index contributed by atoms with van der Waals surface area (Å²) in [5, 5.41) is 12.5. The number of alkyl halides is 3. The molecule has 0 radical (unpaired) electrons. The van der Waals surface area contributed by atoms with Gasteiger partial charge in [0.1, 0.15) is 12.0 Å². The maximum absolute atomic E-state index is 14.2. The number of pyridine rings is 1. The second kappa shape index (κ2) is 7.84. The summed E-state index contributed by atoms with van der Waals surface area (Å²) in [4.78, 5) is 29.9. The van der Waals surface area contributed by atoms with E-state index in [1.165, 1.54) is 23.9 Å². The maximum atomic E-state index is 14.2. The van der Waals surface area contributed by atoms with Crippen molar-refractivity contribution in [2.24, 2.45) is 7.05 Å². The van der Waals surface area contributed by atoms with Gasteiger partial charge in [-0.05, 0) is 23.8 Å². The van der Waals surface area contributed by atoms with Crippen LogP contribution < -0.4 is 10.9 Å². The second-order valence-electron chi connectivity index (χ2n) is 6.41. The van der Waals surface area contributed by atoms with Crippen molar-refractivity contribution < 1.29 is 32.3 Å². The summed E-state index contributed by atoms with van der Waals surface area (Å²) in [5.41, 5.74) is -1.22. The van der Waals surface area contributed by atoms with E-state index in [2.05, 4.69) is 5.32 Å². The maximum Gasteiger partial charge on any atom is 0.416 e. The lowest BCUT2D eigenvalue weighted by molar-refractivity contribution is -0.152. The molecule has 1 aromatic heterocycles. The fraction of sp³-hybridized carbons (Fsp3) is 0.333. The molecule has 2 N–H and O–H groups in total. The van der Waals surface area contributed by atoms with E-state index in [4.69, 9.17) is 9.94 Å². The Labute approximate surface area is 162 Å². The first-order valence-corrected chi connectivity index (χ1v) is 8.52. The van der Waals surface area contributed by atoms with Gasteiger partial charge in [-0.15, -0.1) is 0 Å². The standard InChI is InChI=1S/C18H17F4N3O4/c1-24-9-12-10(7-16(24)27)6-15(25(17(12)28)29-5-4-26)23-14-3-2-11(8-13(14)19)18(20,21)22/h2-3,7-9,15,23,26H,4-6H2,1H3. The number of aliphatic hydroxyl groups is 1. The molecule has 0 fully saturated rings. The lowest BCUT2D eigenvalue weighted by Crippen LogP contribution is -2.50. The second-order valence-corrected chi connectivity index (χ2v) is 6.41. The summed E-state index contributed by atoms with van der Waals surface area (Å²) in [6.45, 7) is -0.633. The van der Waals surface area contributed by atoms with Crippen LogP contribution in [0.3, 0.4) is 0 Å². The van der Waals surface area contributed by atoms with E-state index in [9.17, 15) is 27.2 Å². The zero-order valence-electron chi connectivity index (χ0n) is 15.2. The summed E-state index contributed by atoms with van der Waals surface area (Å²) >= 11 is 0. The van der Waals surface area contributed by atoms with Crippen LogP contribution in [0.15, 0.2) is 35.3 Å². The number of carbonyl (C=O) groups excluding carboxylic acids is 1. The van der Waals surface area contributed by atoms with Gasteiger partial charge in [0.05, 0.1) is 30.0 Å². The highest BCUT2D eigenvalue weighted by molar-refractivity contribution is 5.96. The third-order valence-corrected chi connectivity index (χ3v) is 4.38. The number of hydrogen-bond acceptors (Lipinski definition) is 5. The van der Waals surface area contributed by atoms with Crippen LogP contribution in [0.5, 0.6) is 0 Å². The monoisotopic (exact) mass is 415 g/mol. The number of nitrogens with one attached hydrogen (secondary N) is 1. The summed E-state index contributed by atoms with van der Waals surface area (Å²) in [6.07, 6.45) is -4.34. The summed E-state index contributed by atoms with van der Waals surface area (Å²) in [5.74, 6) is -1.80. The topological polar surface area (TPSA) is 83.8 Å².